The third-order valence-electron chi connectivity index (χ3n) is 3.04. The van der Waals surface area contributed by atoms with Gasteiger partial charge >= 0.3 is 0 Å². The molecule has 0 aliphatic heterocycles. The zero-order valence-corrected chi connectivity index (χ0v) is 13.7. The highest BCUT2D eigenvalue weighted by atomic mass is 79.9. The zero-order chi connectivity index (χ0) is 14.8. The SMILES string of the molecule is CCc1cc2c(=O)n(/N=C\c3ccc(Br)cc3)cnc2s1. The Morgan fingerprint density at radius 1 is 1.38 bits per heavy atom. The third-order valence-corrected chi connectivity index (χ3v) is 4.75. The molecule has 0 atom stereocenters. The number of thiophene rings is 1. The van der Waals surface area contributed by atoms with Crippen molar-refractivity contribution in [3.05, 3.63) is 61.9 Å². The summed E-state index contributed by atoms with van der Waals surface area (Å²) in [7, 11) is 0. The molecular weight excluding hydrogens is 350 g/mol. The fraction of sp³-hybridized carbons (Fsp3) is 0.133. The van der Waals surface area contributed by atoms with Crippen LogP contribution in [-0.4, -0.2) is 15.9 Å². The van der Waals surface area contributed by atoms with E-state index in [2.05, 4.69) is 32.9 Å². The smallest absolute Gasteiger partial charge is 0.267 e. The summed E-state index contributed by atoms with van der Waals surface area (Å²) in [6.45, 7) is 2.06. The van der Waals surface area contributed by atoms with Crippen molar-refractivity contribution in [1.29, 1.82) is 0 Å². The van der Waals surface area contributed by atoms with Crippen molar-refractivity contribution in [1.82, 2.24) is 9.66 Å². The molecule has 0 N–H and O–H groups in total. The van der Waals surface area contributed by atoms with Gasteiger partial charge in [-0.25, -0.2) is 4.98 Å². The van der Waals surface area contributed by atoms with Gasteiger partial charge in [0.05, 0.1) is 11.6 Å². The standard InChI is InChI=1S/C15H12BrN3OS/c1-2-12-7-13-14(21-12)17-9-19(15(13)20)18-8-10-3-5-11(16)6-4-10/h3-9H,2H2,1H3/b18-8-. The lowest BCUT2D eigenvalue weighted by Crippen LogP contribution is -2.16. The number of benzene rings is 1. The lowest BCUT2D eigenvalue weighted by Gasteiger charge is -1.97. The van der Waals surface area contributed by atoms with Crippen LogP contribution in [0.1, 0.15) is 17.4 Å². The Hall–Kier alpha value is -1.79. The van der Waals surface area contributed by atoms with E-state index in [1.807, 2.05) is 30.3 Å². The van der Waals surface area contributed by atoms with Crippen LogP contribution in [0.3, 0.4) is 0 Å². The second kappa shape index (κ2) is 5.91. The molecule has 0 fully saturated rings. The summed E-state index contributed by atoms with van der Waals surface area (Å²) in [4.78, 5) is 18.6. The van der Waals surface area contributed by atoms with Crippen LogP contribution < -0.4 is 5.56 Å². The minimum absolute atomic E-state index is 0.135. The highest BCUT2D eigenvalue weighted by Gasteiger charge is 2.07. The van der Waals surface area contributed by atoms with Crippen LogP contribution in [0.4, 0.5) is 0 Å². The van der Waals surface area contributed by atoms with Gasteiger partial charge in [0.15, 0.2) is 0 Å². The average molecular weight is 362 g/mol. The normalized spacial score (nSPS) is 11.5. The lowest BCUT2D eigenvalue weighted by molar-refractivity contribution is 0.818. The predicted octanol–water partition coefficient (Wildman–Crippen LogP) is 3.67. The Morgan fingerprint density at radius 2 is 2.14 bits per heavy atom. The van der Waals surface area contributed by atoms with E-state index in [-0.39, 0.29) is 5.56 Å². The Labute approximate surface area is 133 Å². The van der Waals surface area contributed by atoms with E-state index < -0.39 is 0 Å². The van der Waals surface area contributed by atoms with Crippen LogP contribution in [0.5, 0.6) is 0 Å². The fourth-order valence-corrected chi connectivity index (χ4v) is 3.09. The summed E-state index contributed by atoms with van der Waals surface area (Å²) in [5.74, 6) is 0. The summed E-state index contributed by atoms with van der Waals surface area (Å²) in [5.41, 5.74) is 0.786. The van der Waals surface area contributed by atoms with Crippen LogP contribution in [0, 0.1) is 0 Å². The van der Waals surface area contributed by atoms with Gasteiger partial charge in [0, 0.05) is 9.35 Å². The molecule has 0 aliphatic rings. The molecule has 21 heavy (non-hydrogen) atoms. The molecule has 0 bridgehead atoms. The molecule has 2 aromatic heterocycles. The maximum absolute atomic E-state index is 12.3. The van der Waals surface area contributed by atoms with Gasteiger partial charge < -0.3 is 0 Å². The number of fused-ring (bicyclic) bond motifs is 1. The zero-order valence-electron chi connectivity index (χ0n) is 11.3. The van der Waals surface area contributed by atoms with E-state index in [1.165, 1.54) is 11.0 Å². The van der Waals surface area contributed by atoms with Crippen molar-refractivity contribution in [3.63, 3.8) is 0 Å². The van der Waals surface area contributed by atoms with Crippen LogP contribution in [0.2, 0.25) is 0 Å². The van der Waals surface area contributed by atoms with Gasteiger partial charge in [-0.05, 0) is 30.2 Å². The number of halogens is 1. The van der Waals surface area contributed by atoms with Crippen LogP contribution in [0.15, 0.2) is 51.0 Å². The first-order valence-electron chi connectivity index (χ1n) is 6.47. The summed E-state index contributed by atoms with van der Waals surface area (Å²) < 4.78 is 2.28. The molecule has 3 rings (SSSR count). The first-order valence-corrected chi connectivity index (χ1v) is 8.08. The van der Waals surface area contributed by atoms with Crippen molar-refractivity contribution >= 4 is 43.7 Å². The Balaban J connectivity index is 1.99. The van der Waals surface area contributed by atoms with Gasteiger partial charge in [0.1, 0.15) is 11.2 Å². The quantitative estimate of drug-likeness (QED) is 0.668. The van der Waals surface area contributed by atoms with Gasteiger partial charge in [-0.2, -0.15) is 9.78 Å². The Kier molecular flexibility index (Phi) is 3.98. The number of hydrogen-bond acceptors (Lipinski definition) is 4. The summed E-state index contributed by atoms with van der Waals surface area (Å²) in [6, 6.07) is 9.60. The summed E-state index contributed by atoms with van der Waals surface area (Å²) in [5, 5.41) is 4.83. The minimum Gasteiger partial charge on any atom is -0.267 e. The first kappa shape index (κ1) is 14.2. The number of aromatic nitrogens is 2. The minimum atomic E-state index is -0.135. The lowest BCUT2D eigenvalue weighted by atomic mass is 10.2. The highest BCUT2D eigenvalue weighted by molar-refractivity contribution is 9.10. The number of rotatable bonds is 3. The largest absolute Gasteiger partial charge is 0.282 e. The van der Waals surface area contributed by atoms with Gasteiger partial charge in [-0.15, -0.1) is 11.3 Å². The maximum Gasteiger partial charge on any atom is 0.282 e. The predicted molar refractivity (Wildman–Crippen MR) is 90.4 cm³/mol. The second-order valence-corrected chi connectivity index (χ2v) is 6.51. The summed E-state index contributed by atoms with van der Waals surface area (Å²) >= 11 is 4.94. The van der Waals surface area contributed by atoms with E-state index in [1.54, 1.807) is 17.6 Å². The molecule has 2 heterocycles. The molecule has 0 spiro atoms. The fourth-order valence-electron chi connectivity index (χ4n) is 1.90. The second-order valence-electron chi connectivity index (χ2n) is 4.48. The van der Waals surface area contributed by atoms with Gasteiger partial charge in [-0.1, -0.05) is 35.0 Å². The molecule has 0 saturated heterocycles. The molecule has 0 saturated carbocycles. The van der Waals surface area contributed by atoms with Gasteiger partial charge in [0.25, 0.3) is 5.56 Å². The maximum atomic E-state index is 12.3. The van der Waals surface area contributed by atoms with E-state index in [0.29, 0.717) is 5.39 Å². The number of hydrogen-bond donors (Lipinski definition) is 0. The topological polar surface area (TPSA) is 47.2 Å². The highest BCUT2D eigenvalue weighted by Crippen LogP contribution is 2.20. The van der Waals surface area contributed by atoms with Crippen molar-refractivity contribution in [2.24, 2.45) is 5.10 Å². The van der Waals surface area contributed by atoms with Crippen LogP contribution >= 0.6 is 27.3 Å². The van der Waals surface area contributed by atoms with E-state index in [0.717, 1.165) is 26.2 Å². The Morgan fingerprint density at radius 3 is 2.86 bits per heavy atom. The molecular formula is C15H12BrN3OS. The summed E-state index contributed by atoms with van der Waals surface area (Å²) in [6.07, 6.45) is 4.02. The van der Waals surface area contributed by atoms with Crippen molar-refractivity contribution in [2.75, 3.05) is 0 Å². The molecule has 0 radical (unpaired) electrons. The van der Waals surface area contributed by atoms with Crippen LogP contribution in [-0.2, 0) is 6.42 Å². The first-order chi connectivity index (χ1) is 10.2. The Bertz CT molecular complexity index is 865. The third kappa shape index (κ3) is 2.96. The van der Waals surface area contributed by atoms with Gasteiger partial charge in [-0.3, -0.25) is 4.79 Å². The van der Waals surface area contributed by atoms with E-state index in [4.69, 9.17) is 0 Å². The molecule has 106 valence electrons. The molecule has 6 heteroatoms. The molecule has 0 amide bonds. The molecule has 0 aliphatic carbocycles. The van der Waals surface area contributed by atoms with Crippen molar-refractivity contribution in [2.45, 2.75) is 13.3 Å². The molecule has 4 nitrogen and oxygen atoms in total. The van der Waals surface area contributed by atoms with Crippen LogP contribution in [0.25, 0.3) is 10.2 Å². The van der Waals surface area contributed by atoms with E-state index >= 15 is 0 Å². The molecule has 3 aromatic rings. The average Bonchev–Trinajstić information content (AvgIpc) is 2.92. The number of aryl methyl sites for hydroxylation is 1. The van der Waals surface area contributed by atoms with E-state index in [9.17, 15) is 4.79 Å². The van der Waals surface area contributed by atoms with Crippen molar-refractivity contribution in [3.8, 4) is 0 Å². The van der Waals surface area contributed by atoms with Crippen molar-refractivity contribution < 1.29 is 0 Å². The monoisotopic (exact) mass is 361 g/mol. The van der Waals surface area contributed by atoms with Gasteiger partial charge in [0.2, 0.25) is 0 Å². The molecule has 0 unspecified atom stereocenters. The number of nitrogens with zero attached hydrogens (tertiary/aromatic N) is 3. The molecule has 1 aromatic carbocycles.